The van der Waals surface area contributed by atoms with Gasteiger partial charge in [0.05, 0.1) is 0 Å². The van der Waals surface area contributed by atoms with Crippen molar-refractivity contribution in [3.8, 4) is 0 Å². The van der Waals surface area contributed by atoms with Crippen molar-refractivity contribution in [2.75, 3.05) is 33.3 Å². The average molecular weight is 478 g/mol. The quantitative estimate of drug-likeness (QED) is 0.152. The molecule has 0 fully saturated rings. The van der Waals surface area contributed by atoms with Crippen LogP contribution in [-0.4, -0.2) is 45.6 Å². The van der Waals surface area contributed by atoms with Gasteiger partial charge in [-0.3, -0.25) is 0 Å². The molecule has 0 aliphatic heterocycles. The summed E-state index contributed by atoms with van der Waals surface area (Å²) in [6, 6.07) is 26.6. The van der Waals surface area contributed by atoms with E-state index in [1.54, 1.807) is 0 Å². The van der Waals surface area contributed by atoms with E-state index in [9.17, 15) is 5.02 Å². The van der Waals surface area contributed by atoms with Crippen LogP contribution in [0.4, 0.5) is 0 Å². The van der Waals surface area contributed by atoms with Crippen molar-refractivity contribution in [2.24, 2.45) is 0 Å². The Morgan fingerprint density at radius 1 is 0.676 bits per heavy atom. The molecule has 0 aliphatic rings. The minimum absolute atomic E-state index is 0.325. The van der Waals surface area contributed by atoms with E-state index in [-0.39, 0.29) is 5.41 Å². The topological polar surface area (TPSA) is 38.7 Å². The van der Waals surface area contributed by atoms with Crippen molar-refractivity contribution in [3.63, 3.8) is 0 Å². The zero-order valence-electron chi connectivity index (χ0n) is 21.8. The van der Waals surface area contributed by atoms with Crippen LogP contribution < -0.4 is 0 Å². The summed E-state index contributed by atoms with van der Waals surface area (Å²) in [6.45, 7) is 12.7. The predicted molar refractivity (Wildman–Crippen MR) is 148 cm³/mol. The molecule has 0 heterocycles. The molecule has 5 heteroatoms. The molecule has 1 N–H and O–H groups in total. The molecule has 3 aromatic carbocycles. The van der Waals surface area contributed by atoms with Crippen molar-refractivity contribution < 1.29 is 14.1 Å². The Kier molecular flexibility index (Phi) is 8.10. The van der Waals surface area contributed by atoms with E-state index >= 15 is 0 Å². The van der Waals surface area contributed by atoms with Gasteiger partial charge in [-0.05, 0) is 0 Å². The standard InChI is InChI=1S/C29H40BO3P/c1-23-9-15-26(16-10-23)29(27-17-11-24(2)12-18-27,28-19-13-25(3)14-20-28)21-8-22-32-30(31)33-34(4,5,6)7/h9-20,31H,8,21-22H2,1-7H3. The van der Waals surface area contributed by atoms with Gasteiger partial charge in [-0.2, -0.15) is 0 Å². The van der Waals surface area contributed by atoms with Crippen LogP contribution >= 0.6 is 6.83 Å². The first-order valence-corrected chi connectivity index (χ1v) is 16.0. The predicted octanol–water partition coefficient (Wildman–Crippen LogP) is 6.72. The monoisotopic (exact) mass is 478 g/mol. The molecule has 0 saturated carbocycles. The van der Waals surface area contributed by atoms with Crippen LogP contribution in [0.5, 0.6) is 0 Å². The van der Waals surface area contributed by atoms with Crippen LogP contribution in [0.2, 0.25) is 0 Å². The fourth-order valence-corrected chi connectivity index (χ4v) is 5.14. The van der Waals surface area contributed by atoms with Gasteiger partial charge in [-0.1, -0.05) is 0 Å². The summed E-state index contributed by atoms with van der Waals surface area (Å²) in [5.41, 5.74) is 7.19. The summed E-state index contributed by atoms with van der Waals surface area (Å²) in [4.78, 5) is 0. The van der Waals surface area contributed by atoms with Crippen molar-refractivity contribution in [2.45, 2.75) is 39.0 Å². The molecular formula is C29H40BO3P. The summed E-state index contributed by atoms with van der Waals surface area (Å²) < 4.78 is 11.5. The summed E-state index contributed by atoms with van der Waals surface area (Å²) in [5, 5.41) is 10.3. The second kappa shape index (κ2) is 10.3. The molecular weight excluding hydrogens is 438 g/mol. The maximum absolute atomic E-state index is 10.3. The number of benzene rings is 3. The molecule has 34 heavy (non-hydrogen) atoms. The molecule has 0 radical (unpaired) electrons. The van der Waals surface area contributed by atoms with Crippen LogP contribution in [0, 0.1) is 20.8 Å². The number of hydrogen-bond acceptors (Lipinski definition) is 3. The van der Waals surface area contributed by atoms with Crippen molar-refractivity contribution in [1.82, 2.24) is 0 Å². The first-order valence-electron chi connectivity index (χ1n) is 12.1. The summed E-state index contributed by atoms with van der Waals surface area (Å²) in [7, 11) is -1.20. The van der Waals surface area contributed by atoms with Gasteiger partial charge in [-0.15, -0.1) is 0 Å². The van der Waals surface area contributed by atoms with Gasteiger partial charge in [0.25, 0.3) is 0 Å². The molecule has 0 amide bonds. The number of hydrogen-bond donors (Lipinski definition) is 1. The van der Waals surface area contributed by atoms with Gasteiger partial charge in [0.2, 0.25) is 0 Å². The van der Waals surface area contributed by atoms with Gasteiger partial charge in [0, 0.05) is 0 Å². The van der Waals surface area contributed by atoms with Crippen LogP contribution in [0.3, 0.4) is 0 Å². The van der Waals surface area contributed by atoms with E-state index in [0.29, 0.717) is 6.61 Å². The van der Waals surface area contributed by atoms with E-state index < -0.39 is 14.2 Å². The number of rotatable bonds is 10. The first kappa shape index (κ1) is 26.6. The van der Waals surface area contributed by atoms with E-state index in [2.05, 4.69) is 120 Å². The van der Waals surface area contributed by atoms with Gasteiger partial charge < -0.3 is 0 Å². The van der Waals surface area contributed by atoms with E-state index in [0.717, 1.165) is 12.8 Å². The van der Waals surface area contributed by atoms with Crippen molar-refractivity contribution >= 4 is 14.2 Å². The van der Waals surface area contributed by atoms with E-state index in [4.69, 9.17) is 9.10 Å². The van der Waals surface area contributed by atoms with Gasteiger partial charge in [0.1, 0.15) is 0 Å². The minimum atomic E-state index is -2.33. The Balaban J connectivity index is 1.97. The Morgan fingerprint density at radius 2 is 1.03 bits per heavy atom. The second-order valence-electron chi connectivity index (χ2n) is 11.3. The SMILES string of the molecule is Cc1ccc(C(CCCOB(O)OP(C)(C)(C)C)(c2ccc(C)cc2)c2ccc(C)cc2)cc1. The van der Waals surface area contributed by atoms with Crippen LogP contribution in [0.25, 0.3) is 0 Å². The number of aryl methyl sites for hydroxylation is 3. The second-order valence-corrected chi connectivity index (χ2v) is 18.3. The zero-order chi connectivity index (χ0) is 25.0. The molecule has 3 rings (SSSR count). The Morgan fingerprint density at radius 3 is 1.35 bits per heavy atom. The summed E-state index contributed by atoms with van der Waals surface area (Å²) >= 11 is 0. The molecule has 0 aromatic heterocycles. The molecule has 182 valence electrons. The molecule has 0 saturated heterocycles. The van der Waals surface area contributed by atoms with E-state index in [1.807, 2.05) is 0 Å². The van der Waals surface area contributed by atoms with Gasteiger partial charge >= 0.3 is 207 Å². The molecule has 0 unspecified atom stereocenters. The van der Waals surface area contributed by atoms with Crippen molar-refractivity contribution in [3.05, 3.63) is 106 Å². The van der Waals surface area contributed by atoms with Gasteiger partial charge in [-0.25, -0.2) is 0 Å². The van der Waals surface area contributed by atoms with Crippen LogP contribution in [0.1, 0.15) is 46.2 Å². The normalized spacial score (nSPS) is 13.4. The fraction of sp³-hybridized carbons (Fsp3) is 0.379. The fourth-order valence-electron chi connectivity index (χ4n) is 4.36. The molecule has 0 aliphatic carbocycles. The molecule has 3 nitrogen and oxygen atoms in total. The van der Waals surface area contributed by atoms with Crippen LogP contribution in [0.15, 0.2) is 72.8 Å². The molecule has 0 atom stereocenters. The zero-order valence-corrected chi connectivity index (χ0v) is 22.7. The first-order chi connectivity index (χ1) is 15.8. The molecule has 0 spiro atoms. The molecule has 3 aromatic rings. The third-order valence-electron chi connectivity index (χ3n) is 6.10. The average Bonchev–Trinajstić information content (AvgIpc) is 2.74. The summed E-state index contributed by atoms with van der Waals surface area (Å²) in [6.07, 6.45) is 1.61. The van der Waals surface area contributed by atoms with Crippen LogP contribution in [-0.2, 0) is 14.5 Å². The molecule has 0 bridgehead atoms. The Labute approximate surface area is 206 Å². The third-order valence-corrected chi connectivity index (χ3v) is 7.13. The van der Waals surface area contributed by atoms with Gasteiger partial charge in [0.15, 0.2) is 0 Å². The Hall–Kier alpha value is -1.97. The summed E-state index contributed by atoms with van der Waals surface area (Å²) in [5.74, 6) is 0. The van der Waals surface area contributed by atoms with E-state index in [1.165, 1.54) is 33.4 Å². The third kappa shape index (κ3) is 7.03. The Bertz CT molecular complexity index is 947. The maximum atomic E-state index is 10.3. The van der Waals surface area contributed by atoms with Crippen molar-refractivity contribution in [1.29, 1.82) is 0 Å².